The van der Waals surface area contributed by atoms with Crippen molar-refractivity contribution in [2.45, 2.75) is 25.8 Å². The van der Waals surface area contributed by atoms with E-state index in [1.165, 1.54) is 19.5 Å². The van der Waals surface area contributed by atoms with Crippen molar-refractivity contribution in [3.05, 3.63) is 12.4 Å². The molecule has 0 amide bonds. The van der Waals surface area contributed by atoms with E-state index >= 15 is 0 Å². The summed E-state index contributed by atoms with van der Waals surface area (Å²) in [6.45, 7) is 2.88. The molecule has 0 radical (unpaired) electrons. The zero-order valence-electron chi connectivity index (χ0n) is 11.1. The quantitative estimate of drug-likeness (QED) is 0.694. The van der Waals surface area contributed by atoms with Crippen LogP contribution in [0.4, 0.5) is 5.82 Å². The average molecular weight is 269 g/mol. The fourth-order valence-corrected chi connectivity index (χ4v) is 1.37. The summed E-state index contributed by atoms with van der Waals surface area (Å²) in [6.07, 6.45) is 4.16. The van der Waals surface area contributed by atoms with Crippen LogP contribution in [-0.4, -0.2) is 47.4 Å². The maximum Gasteiger partial charge on any atom is 0.326 e. The van der Waals surface area contributed by atoms with Crippen molar-refractivity contribution in [2.24, 2.45) is 0 Å². The predicted molar refractivity (Wildman–Crippen MR) is 69.4 cm³/mol. The van der Waals surface area contributed by atoms with Crippen molar-refractivity contribution in [3.63, 3.8) is 0 Å². The molecule has 1 rings (SSSR count). The van der Waals surface area contributed by atoms with E-state index in [0.717, 1.165) is 6.42 Å². The molecule has 1 aromatic heterocycles. The van der Waals surface area contributed by atoms with Gasteiger partial charge in [0.1, 0.15) is 11.9 Å². The summed E-state index contributed by atoms with van der Waals surface area (Å²) in [5, 5.41) is 11.9. The van der Waals surface area contributed by atoms with Gasteiger partial charge < -0.3 is 19.9 Å². The summed E-state index contributed by atoms with van der Waals surface area (Å²) in [4.78, 5) is 19.2. The van der Waals surface area contributed by atoms with Gasteiger partial charge in [0.25, 0.3) is 0 Å². The Morgan fingerprint density at radius 3 is 2.89 bits per heavy atom. The fourth-order valence-electron chi connectivity index (χ4n) is 1.37. The molecule has 1 aromatic rings. The highest BCUT2D eigenvalue weighted by Gasteiger charge is 2.17. The molecule has 106 valence electrons. The third kappa shape index (κ3) is 5.52. The molecule has 7 nitrogen and oxygen atoms in total. The number of carboxylic acid groups (broad SMARTS) is 1. The minimum atomic E-state index is -0.960. The van der Waals surface area contributed by atoms with E-state index in [4.69, 9.17) is 14.6 Å². The highest BCUT2D eigenvalue weighted by Crippen LogP contribution is 2.11. The van der Waals surface area contributed by atoms with Crippen molar-refractivity contribution >= 4 is 11.8 Å². The van der Waals surface area contributed by atoms with E-state index in [1.54, 1.807) is 0 Å². The molecule has 1 unspecified atom stereocenters. The molecule has 2 N–H and O–H groups in total. The SMILES string of the molecule is CCCOc1cncc(NC(CCOC)C(=O)O)n1. The summed E-state index contributed by atoms with van der Waals surface area (Å²) >= 11 is 0. The van der Waals surface area contributed by atoms with Crippen LogP contribution in [0.15, 0.2) is 12.4 Å². The van der Waals surface area contributed by atoms with Gasteiger partial charge in [0.2, 0.25) is 5.88 Å². The number of hydrogen-bond acceptors (Lipinski definition) is 6. The molecule has 19 heavy (non-hydrogen) atoms. The van der Waals surface area contributed by atoms with Gasteiger partial charge in [0, 0.05) is 20.1 Å². The molecule has 0 saturated heterocycles. The summed E-state index contributed by atoms with van der Waals surface area (Å²) in [6, 6.07) is -0.768. The topological polar surface area (TPSA) is 93.6 Å². The van der Waals surface area contributed by atoms with Crippen molar-refractivity contribution in [1.82, 2.24) is 9.97 Å². The normalized spacial score (nSPS) is 11.9. The molecule has 0 bridgehead atoms. The van der Waals surface area contributed by atoms with Crippen LogP contribution in [0.2, 0.25) is 0 Å². The molecule has 0 saturated carbocycles. The zero-order chi connectivity index (χ0) is 14.1. The van der Waals surface area contributed by atoms with Crippen molar-refractivity contribution in [3.8, 4) is 5.88 Å². The first kappa shape index (κ1) is 15.2. The zero-order valence-corrected chi connectivity index (χ0v) is 11.1. The first-order chi connectivity index (χ1) is 9.17. The van der Waals surface area contributed by atoms with E-state index in [9.17, 15) is 4.79 Å². The number of nitrogens with zero attached hydrogens (tertiary/aromatic N) is 2. The molecule has 0 aliphatic heterocycles. The highest BCUT2D eigenvalue weighted by atomic mass is 16.5. The number of aromatic nitrogens is 2. The summed E-state index contributed by atoms with van der Waals surface area (Å²) in [5.41, 5.74) is 0. The average Bonchev–Trinajstić information content (AvgIpc) is 2.41. The Balaban J connectivity index is 2.64. The fraction of sp³-hybridized carbons (Fsp3) is 0.583. The van der Waals surface area contributed by atoms with E-state index in [0.29, 0.717) is 31.3 Å². The molecular formula is C12H19N3O4. The molecule has 1 heterocycles. The maximum atomic E-state index is 11.1. The van der Waals surface area contributed by atoms with Crippen molar-refractivity contribution < 1.29 is 19.4 Å². The third-order valence-corrected chi connectivity index (χ3v) is 2.30. The van der Waals surface area contributed by atoms with E-state index < -0.39 is 12.0 Å². The van der Waals surface area contributed by atoms with Crippen LogP contribution in [0.3, 0.4) is 0 Å². The van der Waals surface area contributed by atoms with Crippen LogP contribution < -0.4 is 10.1 Å². The lowest BCUT2D eigenvalue weighted by Crippen LogP contribution is -2.31. The molecule has 0 aromatic carbocycles. The van der Waals surface area contributed by atoms with Gasteiger partial charge in [-0.1, -0.05) is 6.92 Å². The molecule has 0 aliphatic carbocycles. The van der Waals surface area contributed by atoms with Crippen LogP contribution in [0.5, 0.6) is 5.88 Å². The highest BCUT2D eigenvalue weighted by molar-refractivity contribution is 5.76. The first-order valence-electron chi connectivity index (χ1n) is 6.10. The minimum absolute atomic E-state index is 0.341. The maximum absolute atomic E-state index is 11.1. The van der Waals surface area contributed by atoms with E-state index in [2.05, 4.69) is 15.3 Å². The Morgan fingerprint density at radius 1 is 1.47 bits per heavy atom. The summed E-state index contributed by atoms with van der Waals surface area (Å²) in [5.74, 6) is -0.210. The van der Waals surface area contributed by atoms with Crippen LogP contribution >= 0.6 is 0 Å². The number of carboxylic acids is 1. The lowest BCUT2D eigenvalue weighted by molar-refractivity contribution is -0.138. The van der Waals surface area contributed by atoms with Crippen LogP contribution in [0, 0.1) is 0 Å². The second-order valence-corrected chi connectivity index (χ2v) is 3.91. The molecule has 0 spiro atoms. The second kappa shape index (κ2) is 8.25. The van der Waals surface area contributed by atoms with Crippen molar-refractivity contribution in [2.75, 3.05) is 25.6 Å². The minimum Gasteiger partial charge on any atom is -0.480 e. The van der Waals surface area contributed by atoms with Gasteiger partial charge in [-0.05, 0) is 6.42 Å². The molecular weight excluding hydrogens is 250 g/mol. The lowest BCUT2D eigenvalue weighted by Gasteiger charge is -2.14. The Morgan fingerprint density at radius 2 is 2.26 bits per heavy atom. The molecule has 1 atom stereocenters. The number of methoxy groups -OCH3 is 1. The van der Waals surface area contributed by atoms with Crippen LogP contribution in [0.25, 0.3) is 0 Å². The first-order valence-corrected chi connectivity index (χ1v) is 6.10. The number of anilines is 1. The van der Waals surface area contributed by atoms with E-state index in [-0.39, 0.29) is 0 Å². The van der Waals surface area contributed by atoms with Gasteiger partial charge in [-0.15, -0.1) is 0 Å². The Bertz CT molecular complexity index is 400. The monoisotopic (exact) mass is 269 g/mol. The number of ether oxygens (including phenoxy) is 2. The van der Waals surface area contributed by atoms with Crippen LogP contribution in [-0.2, 0) is 9.53 Å². The number of aliphatic carboxylic acids is 1. The van der Waals surface area contributed by atoms with E-state index in [1.807, 2.05) is 6.92 Å². The van der Waals surface area contributed by atoms with Gasteiger partial charge in [0.15, 0.2) is 0 Å². The second-order valence-electron chi connectivity index (χ2n) is 3.91. The van der Waals surface area contributed by atoms with Gasteiger partial charge in [-0.2, -0.15) is 4.98 Å². The molecule has 7 heteroatoms. The lowest BCUT2D eigenvalue weighted by atomic mass is 10.2. The smallest absolute Gasteiger partial charge is 0.326 e. The number of nitrogens with one attached hydrogen (secondary N) is 1. The number of rotatable bonds is 9. The van der Waals surface area contributed by atoms with Gasteiger partial charge >= 0.3 is 5.97 Å². The molecule has 0 fully saturated rings. The van der Waals surface area contributed by atoms with Crippen LogP contribution in [0.1, 0.15) is 19.8 Å². The number of carbonyl (C=O) groups is 1. The van der Waals surface area contributed by atoms with Gasteiger partial charge in [-0.3, -0.25) is 4.98 Å². The Kier molecular flexibility index (Phi) is 6.59. The van der Waals surface area contributed by atoms with Crippen molar-refractivity contribution in [1.29, 1.82) is 0 Å². The molecule has 0 aliphatic rings. The Labute approximate surface area is 112 Å². The summed E-state index contributed by atoms with van der Waals surface area (Å²) in [7, 11) is 1.53. The summed E-state index contributed by atoms with van der Waals surface area (Å²) < 4.78 is 10.2. The standard InChI is InChI=1S/C12H19N3O4/c1-3-5-19-11-8-13-7-10(15-11)14-9(12(16)17)4-6-18-2/h7-9H,3-6H2,1-2H3,(H,14,15)(H,16,17). The number of hydrogen-bond donors (Lipinski definition) is 2. The van der Waals surface area contributed by atoms with Gasteiger partial charge in [-0.25, -0.2) is 4.79 Å². The van der Waals surface area contributed by atoms with Gasteiger partial charge in [0.05, 0.1) is 19.0 Å². The Hall–Kier alpha value is -1.89. The predicted octanol–water partition coefficient (Wildman–Crippen LogP) is 1.17. The third-order valence-electron chi connectivity index (χ3n) is 2.30. The largest absolute Gasteiger partial charge is 0.480 e.